The van der Waals surface area contributed by atoms with Crippen molar-refractivity contribution in [3.63, 3.8) is 0 Å². The number of amidine groups is 1. The normalized spacial score (nSPS) is 16.1. The van der Waals surface area contributed by atoms with Crippen LogP contribution in [0.25, 0.3) is 0 Å². The molecule has 0 unspecified atom stereocenters. The second-order valence-electron chi connectivity index (χ2n) is 2.53. The molecule has 1 amide bonds. The molecule has 0 spiro atoms. The first-order valence-corrected chi connectivity index (χ1v) is 4.74. The highest BCUT2D eigenvalue weighted by molar-refractivity contribution is 8.13. The summed E-state index contributed by atoms with van der Waals surface area (Å²) in [5.41, 5.74) is 0. The van der Waals surface area contributed by atoms with E-state index in [4.69, 9.17) is 5.41 Å². The number of hydrogen-bond acceptors (Lipinski definition) is 3. The topological polar surface area (TPSA) is 53.0 Å². The monoisotopic (exact) mass is 172 g/mol. The third kappa shape index (κ3) is 2.93. The molecule has 0 saturated heterocycles. The average Bonchev–Trinajstić information content (AvgIpc) is 2.67. The highest BCUT2D eigenvalue weighted by Gasteiger charge is 2.29. The summed E-state index contributed by atoms with van der Waals surface area (Å²) in [6, 6.07) is 0. The lowest BCUT2D eigenvalue weighted by Gasteiger charge is -2.02. The first-order chi connectivity index (χ1) is 5.24. The minimum absolute atomic E-state index is 0.0240. The van der Waals surface area contributed by atoms with Gasteiger partial charge in [0.15, 0.2) is 5.17 Å². The van der Waals surface area contributed by atoms with Crippen LogP contribution < -0.4 is 5.32 Å². The molecule has 0 aliphatic heterocycles. The molecule has 11 heavy (non-hydrogen) atoms. The molecule has 0 radical (unpaired) electrons. The lowest BCUT2D eigenvalue weighted by atomic mass is 10.4. The van der Waals surface area contributed by atoms with Gasteiger partial charge in [-0.25, -0.2) is 0 Å². The molecule has 1 fully saturated rings. The van der Waals surface area contributed by atoms with E-state index in [1.165, 1.54) is 11.8 Å². The Hall–Kier alpha value is -0.510. The van der Waals surface area contributed by atoms with Gasteiger partial charge in [0.1, 0.15) is 0 Å². The van der Waals surface area contributed by atoms with Crippen molar-refractivity contribution in [2.45, 2.75) is 19.8 Å². The fourth-order valence-electron chi connectivity index (χ4n) is 0.740. The molecule has 1 aliphatic rings. The maximum absolute atomic E-state index is 11.0. The van der Waals surface area contributed by atoms with E-state index >= 15 is 0 Å². The summed E-state index contributed by atoms with van der Waals surface area (Å²) in [4.78, 5) is 11.0. The number of rotatable bonds is 2. The van der Waals surface area contributed by atoms with Gasteiger partial charge in [-0.1, -0.05) is 18.7 Å². The molecule has 0 bridgehead atoms. The maximum atomic E-state index is 11.0. The Bertz CT molecular complexity index is 177. The average molecular weight is 172 g/mol. The third-order valence-electron chi connectivity index (χ3n) is 1.47. The SMILES string of the molecule is CCSC(=N)NC(=O)C1CC1. The van der Waals surface area contributed by atoms with Crippen molar-refractivity contribution in [1.29, 1.82) is 5.41 Å². The van der Waals surface area contributed by atoms with Crippen molar-refractivity contribution in [3.05, 3.63) is 0 Å². The van der Waals surface area contributed by atoms with Crippen LogP contribution in [0.5, 0.6) is 0 Å². The molecule has 0 aromatic carbocycles. The Morgan fingerprint density at radius 2 is 2.36 bits per heavy atom. The van der Waals surface area contributed by atoms with Crippen LogP contribution in [0.2, 0.25) is 0 Å². The molecule has 0 heterocycles. The summed E-state index contributed by atoms with van der Waals surface area (Å²) in [6.07, 6.45) is 1.99. The van der Waals surface area contributed by atoms with Crippen molar-refractivity contribution in [2.75, 3.05) is 5.75 Å². The lowest BCUT2D eigenvalue weighted by molar-refractivity contribution is -0.120. The van der Waals surface area contributed by atoms with Crippen LogP contribution in [0.15, 0.2) is 0 Å². The number of hydrogen-bond donors (Lipinski definition) is 2. The summed E-state index contributed by atoms with van der Waals surface area (Å²) in [7, 11) is 0. The van der Waals surface area contributed by atoms with Gasteiger partial charge < -0.3 is 5.32 Å². The molecule has 0 aromatic heterocycles. The zero-order valence-corrected chi connectivity index (χ0v) is 7.33. The van der Waals surface area contributed by atoms with Crippen LogP contribution in [-0.4, -0.2) is 16.8 Å². The van der Waals surface area contributed by atoms with E-state index in [1.807, 2.05) is 6.92 Å². The van der Waals surface area contributed by atoms with Crippen molar-refractivity contribution in [3.8, 4) is 0 Å². The van der Waals surface area contributed by atoms with Gasteiger partial charge in [-0.3, -0.25) is 10.2 Å². The molecule has 4 heteroatoms. The summed E-state index contributed by atoms with van der Waals surface area (Å²) < 4.78 is 0. The van der Waals surface area contributed by atoms with Gasteiger partial charge in [-0.15, -0.1) is 0 Å². The van der Waals surface area contributed by atoms with Crippen LogP contribution in [0.1, 0.15) is 19.8 Å². The number of thioether (sulfide) groups is 1. The van der Waals surface area contributed by atoms with Crippen LogP contribution >= 0.6 is 11.8 Å². The van der Waals surface area contributed by atoms with Gasteiger partial charge in [0.25, 0.3) is 0 Å². The van der Waals surface area contributed by atoms with E-state index in [0.29, 0.717) is 0 Å². The zero-order chi connectivity index (χ0) is 8.27. The zero-order valence-electron chi connectivity index (χ0n) is 6.52. The molecule has 0 atom stereocenters. The van der Waals surface area contributed by atoms with Crippen LogP contribution in [-0.2, 0) is 4.79 Å². The second kappa shape index (κ2) is 3.76. The predicted octanol–water partition coefficient (Wildman–Crippen LogP) is 1.20. The largest absolute Gasteiger partial charge is 0.305 e. The molecule has 1 rings (SSSR count). The lowest BCUT2D eigenvalue weighted by Crippen LogP contribution is -2.28. The van der Waals surface area contributed by atoms with E-state index in [1.54, 1.807) is 0 Å². The minimum atomic E-state index is 0.0240. The Labute approximate surface area is 70.4 Å². The van der Waals surface area contributed by atoms with Crippen LogP contribution in [0.4, 0.5) is 0 Å². The van der Waals surface area contributed by atoms with E-state index < -0.39 is 0 Å². The second-order valence-corrected chi connectivity index (χ2v) is 3.80. The van der Waals surface area contributed by atoms with Gasteiger partial charge >= 0.3 is 0 Å². The van der Waals surface area contributed by atoms with Gasteiger partial charge in [0.05, 0.1) is 0 Å². The van der Waals surface area contributed by atoms with Gasteiger partial charge in [0.2, 0.25) is 5.91 Å². The van der Waals surface area contributed by atoms with Gasteiger partial charge in [0, 0.05) is 5.92 Å². The summed E-state index contributed by atoms with van der Waals surface area (Å²) in [5.74, 6) is 1.06. The van der Waals surface area contributed by atoms with Gasteiger partial charge in [-0.05, 0) is 18.6 Å². The van der Waals surface area contributed by atoms with E-state index in [0.717, 1.165) is 18.6 Å². The molecule has 0 aromatic rings. The number of amides is 1. The standard InChI is InChI=1S/C7H12N2OS/c1-2-11-7(8)9-6(10)5-3-4-5/h5H,2-4H2,1H3,(H2,8,9,10). The van der Waals surface area contributed by atoms with Crippen molar-refractivity contribution >= 4 is 22.8 Å². The smallest absolute Gasteiger partial charge is 0.229 e. The van der Waals surface area contributed by atoms with Crippen molar-refractivity contribution in [1.82, 2.24) is 5.32 Å². The van der Waals surface area contributed by atoms with E-state index in [2.05, 4.69) is 5.32 Å². The van der Waals surface area contributed by atoms with Crippen molar-refractivity contribution in [2.24, 2.45) is 5.92 Å². The summed E-state index contributed by atoms with van der Waals surface area (Å²) >= 11 is 1.36. The minimum Gasteiger partial charge on any atom is -0.305 e. The van der Waals surface area contributed by atoms with Gasteiger partial charge in [-0.2, -0.15) is 0 Å². The highest BCUT2D eigenvalue weighted by atomic mass is 32.2. The first kappa shape index (κ1) is 8.59. The molecule has 3 nitrogen and oxygen atoms in total. The number of nitrogens with one attached hydrogen (secondary N) is 2. The summed E-state index contributed by atoms with van der Waals surface area (Å²) in [5, 5.41) is 10.1. The predicted molar refractivity (Wildman–Crippen MR) is 46.7 cm³/mol. The Balaban J connectivity index is 2.17. The molecule has 2 N–H and O–H groups in total. The Morgan fingerprint density at radius 3 is 2.82 bits per heavy atom. The van der Waals surface area contributed by atoms with Crippen LogP contribution in [0.3, 0.4) is 0 Å². The molecule has 1 saturated carbocycles. The molecular weight excluding hydrogens is 160 g/mol. The van der Waals surface area contributed by atoms with Crippen LogP contribution in [0, 0.1) is 11.3 Å². The highest BCUT2D eigenvalue weighted by Crippen LogP contribution is 2.28. The third-order valence-corrected chi connectivity index (χ3v) is 2.15. The van der Waals surface area contributed by atoms with E-state index in [9.17, 15) is 4.79 Å². The molecule has 62 valence electrons. The first-order valence-electron chi connectivity index (χ1n) is 3.76. The Kier molecular flexibility index (Phi) is 2.93. The summed E-state index contributed by atoms with van der Waals surface area (Å²) in [6.45, 7) is 1.96. The molecular formula is C7H12N2OS. The van der Waals surface area contributed by atoms with Crippen molar-refractivity contribution < 1.29 is 4.79 Å². The fourth-order valence-corrected chi connectivity index (χ4v) is 1.20. The maximum Gasteiger partial charge on any atom is 0.229 e. The molecule has 1 aliphatic carbocycles. The number of carbonyl (C=O) groups is 1. The quantitative estimate of drug-likeness (QED) is 0.486. The number of carbonyl (C=O) groups excluding carboxylic acids is 1. The van der Waals surface area contributed by atoms with E-state index in [-0.39, 0.29) is 17.0 Å². The Morgan fingerprint density at radius 1 is 1.73 bits per heavy atom. The fraction of sp³-hybridized carbons (Fsp3) is 0.714.